The fourth-order valence-electron chi connectivity index (χ4n) is 2.95. The Labute approximate surface area is 192 Å². The average Bonchev–Trinajstić information content (AvgIpc) is 2.65. The maximum absolute atomic E-state index is 11.8. The van der Waals surface area contributed by atoms with Crippen LogP contribution in [-0.2, 0) is 42.9 Å². The highest BCUT2D eigenvalue weighted by Crippen LogP contribution is 2.32. The van der Waals surface area contributed by atoms with E-state index in [0.717, 1.165) is 17.4 Å². The first kappa shape index (κ1) is 24.9. The van der Waals surface area contributed by atoms with Gasteiger partial charge < -0.3 is 28.4 Å². The van der Waals surface area contributed by atoms with Crippen molar-refractivity contribution < 1.29 is 47.6 Å². The molecule has 170 valence electrons. The second-order valence-corrected chi connectivity index (χ2v) is 7.78. The van der Waals surface area contributed by atoms with Crippen molar-refractivity contribution in [2.45, 2.75) is 58.4 Å². The molecular weight excluding hydrogens is 527 g/mol. The second kappa shape index (κ2) is 11.3. The summed E-state index contributed by atoms with van der Waals surface area (Å²) in [7, 11) is 0. The Morgan fingerprint density at radius 2 is 1.39 bits per heavy atom. The fraction of sp³-hybridized carbons (Fsp3) is 0.500. The third kappa shape index (κ3) is 7.35. The van der Waals surface area contributed by atoms with Crippen molar-refractivity contribution in [1.29, 1.82) is 0 Å². The predicted octanol–water partition coefficient (Wildman–Crippen LogP) is 1.75. The number of ether oxygens (including phenoxy) is 6. The van der Waals surface area contributed by atoms with E-state index in [9.17, 15) is 19.2 Å². The van der Waals surface area contributed by atoms with Crippen molar-refractivity contribution in [1.82, 2.24) is 0 Å². The molecule has 0 aliphatic carbocycles. The molecule has 0 amide bonds. The van der Waals surface area contributed by atoms with E-state index < -0.39 is 54.6 Å². The summed E-state index contributed by atoms with van der Waals surface area (Å²) in [4.78, 5) is 46.6. The van der Waals surface area contributed by atoms with Gasteiger partial charge >= 0.3 is 23.9 Å². The molecule has 1 saturated heterocycles. The van der Waals surface area contributed by atoms with Crippen LogP contribution in [-0.4, -0.2) is 61.2 Å². The first-order valence-corrected chi connectivity index (χ1v) is 10.4. The van der Waals surface area contributed by atoms with E-state index in [-0.39, 0.29) is 6.61 Å². The molecule has 1 aliphatic heterocycles. The predicted molar refractivity (Wildman–Crippen MR) is 112 cm³/mol. The molecule has 11 heteroatoms. The van der Waals surface area contributed by atoms with E-state index in [0.29, 0.717) is 5.75 Å². The molecule has 1 aromatic rings. The summed E-state index contributed by atoms with van der Waals surface area (Å²) < 4.78 is 33.6. The van der Waals surface area contributed by atoms with E-state index >= 15 is 0 Å². The summed E-state index contributed by atoms with van der Waals surface area (Å²) in [5.41, 5.74) is 0. The Morgan fingerprint density at radius 1 is 0.839 bits per heavy atom. The minimum atomic E-state index is -1.27. The Hall–Kier alpha value is -2.41. The maximum atomic E-state index is 11.8. The maximum Gasteiger partial charge on any atom is 0.303 e. The zero-order valence-electron chi connectivity index (χ0n) is 17.4. The standard InChI is InChI=1S/C20H23IO10/c1-10(22)26-9-16-17(27-11(2)23)18(28-12(3)24)19(29-13(4)25)20(31-16)30-15-8-6-5-7-14(15)21/h5-8,16-20H,9H2,1-4H3/t16-,17-,18+,19+,20+/m1/s1. The number of halogens is 1. The van der Waals surface area contributed by atoms with Crippen LogP contribution in [0.5, 0.6) is 5.75 Å². The van der Waals surface area contributed by atoms with Crippen LogP contribution >= 0.6 is 22.6 Å². The van der Waals surface area contributed by atoms with Crippen LogP contribution in [0.15, 0.2) is 24.3 Å². The molecule has 10 nitrogen and oxygen atoms in total. The largest absolute Gasteiger partial charge is 0.463 e. The van der Waals surface area contributed by atoms with Crippen LogP contribution in [0.3, 0.4) is 0 Å². The normalized spacial score (nSPS) is 25.1. The number of carbonyl (C=O) groups is 4. The summed E-state index contributed by atoms with van der Waals surface area (Å²) in [6.45, 7) is 4.37. The van der Waals surface area contributed by atoms with Gasteiger partial charge in [0.05, 0.1) is 3.57 Å². The van der Waals surface area contributed by atoms with Gasteiger partial charge in [-0.25, -0.2) is 0 Å². The third-order valence-corrected chi connectivity index (χ3v) is 4.92. The van der Waals surface area contributed by atoms with Crippen molar-refractivity contribution in [2.75, 3.05) is 6.61 Å². The first-order valence-electron chi connectivity index (χ1n) is 9.30. The Kier molecular flexibility index (Phi) is 9.04. The van der Waals surface area contributed by atoms with Crippen molar-refractivity contribution in [3.8, 4) is 5.75 Å². The molecular formula is C20H23IO10. The van der Waals surface area contributed by atoms with E-state index in [2.05, 4.69) is 22.6 Å². The van der Waals surface area contributed by atoms with Crippen molar-refractivity contribution in [3.63, 3.8) is 0 Å². The molecule has 1 heterocycles. The third-order valence-electron chi connectivity index (χ3n) is 4.03. The van der Waals surface area contributed by atoms with Crippen LogP contribution in [0.1, 0.15) is 27.7 Å². The lowest BCUT2D eigenvalue weighted by Crippen LogP contribution is -2.63. The van der Waals surface area contributed by atoms with E-state index in [4.69, 9.17) is 28.4 Å². The van der Waals surface area contributed by atoms with Crippen molar-refractivity contribution in [3.05, 3.63) is 27.8 Å². The number of esters is 4. The quantitative estimate of drug-likeness (QED) is 0.282. The van der Waals surface area contributed by atoms with E-state index in [1.54, 1.807) is 18.2 Å². The van der Waals surface area contributed by atoms with E-state index in [1.807, 2.05) is 6.07 Å². The number of hydrogen-bond donors (Lipinski definition) is 0. The molecule has 31 heavy (non-hydrogen) atoms. The number of hydrogen-bond acceptors (Lipinski definition) is 10. The molecule has 1 fully saturated rings. The lowest BCUT2D eigenvalue weighted by molar-refractivity contribution is -0.288. The molecule has 1 aromatic carbocycles. The second-order valence-electron chi connectivity index (χ2n) is 6.62. The monoisotopic (exact) mass is 550 g/mol. The van der Waals surface area contributed by atoms with Gasteiger partial charge in [-0.2, -0.15) is 0 Å². The van der Waals surface area contributed by atoms with Gasteiger partial charge in [-0.1, -0.05) is 12.1 Å². The van der Waals surface area contributed by atoms with Crippen LogP contribution in [0.2, 0.25) is 0 Å². The fourth-order valence-corrected chi connectivity index (χ4v) is 3.46. The van der Waals surface area contributed by atoms with Gasteiger partial charge in [-0.3, -0.25) is 19.2 Å². The molecule has 0 radical (unpaired) electrons. The summed E-state index contributed by atoms with van der Waals surface area (Å²) in [6.07, 6.45) is -6.08. The van der Waals surface area contributed by atoms with Crippen LogP contribution in [0, 0.1) is 3.57 Å². The molecule has 0 unspecified atom stereocenters. The van der Waals surface area contributed by atoms with Crippen LogP contribution < -0.4 is 4.74 Å². The smallest absolute Gasteiger partial charge is 0.303 e. The molecule has 0 spiro atoms. The van der Waals surface area contributed by atoms with Crippen molar-refractivity contribution >= 4 is 46.5 Å². The van der Waals surface area contributed by atoms with Gasteiger partial charge in [0.15, 0.2) is 12.2 Å². The Bertz CT molecular complexity index is 826. The van der Waals surface area contributed by atoms with Gasteiger partial charge in [0.25, 0.3) is 0 Å². The molecule has 0 aromatic heterocycles. The van der Waals surface area contributed by atoms with Crippen LogP contribution in [0.25, 0.3) is 0 Å². The zero-order chi connectivity index (χ0) is 23.1. The van der Waals surface area contributed by atoms with Gasteiger partial charge in [-0.15, -0.1) is 0 Å². The first-order chi connectivity index (χ1) is 14.6. The lowest BCUT2D eigenvalue weighted by Gasteiger charge is -2.44. The number of rotatable bonds is 7. The van der Waals surface area contributed by atoms with Gasteiger partial charge in [0, 0.05) is 27.7 Å². The zero-order valence-corrected chi connectivity index (χ0v) is 19.5. The Morgan fingerprint density at radius 3 is 1.94 bits per heavy atom. The SMILES string of the molecule is CC(=O)OC[C@H]1O[C@H](Oc2ccccc2I)[C@@H](OC(C)=O)[C@@H](OC(C)=O)[C@@H]1OC(C)=O. The minimum absolute atomic E-state index is 0.316. The highest BCUT2D eigenvalue weighted by Gasteiger charge is 2.53. The van der Waals surface area contributed by atoms with Crippen LogP contribution in [0.4, 0.5) is 0 Å². The summed E-state index contributed by atoms with van der Waals surface area (Å²) in [6, 6.07) is 7.02. The summed E-state index contributed by atoms with van der Waals surface area (Å²) >= 11 is 2.05. The van der Waals surface area contributed by atoms with Gasteiger partial charge in [0.2, 0.25) is 12.4 Å². The highest BCUT2D eigenvalue weighted by molar-refractivity contribution is 14.1. The number of para-hydroxylation sites is 1. The number of carbonyl (C=O) groups excluding carboxylic acids is 4. The van der Waals surface area contributed by atoms with E-state index in [1.165, 1.54) is 13.8 Å². The number of benzene rings is 1. The molecule has 5 atom stereocenters. The summed E-state index contributed by atoms with van der Waals surface area (Å²) in [5.74, 6) is -2.27. The highest BCUT2D eigenvalue weighted by atomic mass is 127. The molecule has 2 rings (SSSR count). The molecule has 0 bridgehead atoms. The minimum Gasteiger partial charge on any atom is -0.463 e. The Balaban J connectivity index is 2.46. The molecule has 1 aliphatic rings. The van der Waals surface area contributed by atoms with Gasteiger partial charge in [0.1, 0.15) is 18.5 Å². The molecule has 0 N–H and O–H groups in total. The molecule has 0 saturated carbocycles. The lowest BCUT2D eigenvalue weighted by atomic mass is 9.98. The summed E-state index contributed by atoms with van der Waals surface area (Å²) in [5, 5.41) is 0. The topological polar surface area (TPSA) is 124 Å². The van der Waals surface area contributed by atoms with Crippen molar-refractivity contribution in [2.24, 2.45) is 0 Å². The van der Waals surface area contributed by atoms with Gasteiger partial charge in [-0.05, 0) is 34.7 Å². The average molecular weight is 550 g/mol.